The van der Waals surface area contributed by atoms with Gasteiger partial charge in [-0.05, 0) is 36.4 Å². The number of rotatable bonds is 7. The minimum atomic E-state index is -3.57. The first kappa shape index (κ1) is 23.6. The smallest absolute Gasteiger partial charge is 0.243 e. The Morgan fingerprint density at radius 2 is 1.80 bits per heavy atom. The van der Waals surface area contributed by atoms with Gasteiger partial charge in [0.1, 0.15) is 0 Å². The van der Waals surface area contributed by atoms with Crippen molar-refractivity contribution in [3.05, 3.63) is 42.5 Å². The number of carbonyl (C=O) groups excluding carboxylic acids is 1. The fourth-order valence-electron chi connectivity index (χ4n) is 3.71. The summed E-state index contributed by atoms with van der Waals surface area (Å²) in [6.07, 6.45) is 0. The minimum absolute atomic E-state index is 0.136. The number of hydrogen-bond acceptors (Lipinski definition) is 9. The fraction of sp³-hybridized carbons (Fsp3) is 0.318. The number of benzene rings is 2. The monoisotopic (exact) mass is 517 g/mol. The molecule has 35 heavy (non-hydrogen) atoms. The third-order valence-electron chi connectivity index (χ3n) is 5.54. The predicted molar refractivity (Wildman–Crippen MR) is 128 cm³/mol. The number of anilines is 1. The van der Waals surface area contributed by atoms with Gasteiger partial charge in [0.2, 0.25) is 22.7 Å². The molecule has 3 aromatic rings. The summed E-state index contributed by atoms with van der Waals surface area (Å²) in [5.41, 5.74) is 1.34. The molecule has 0 saturated carbocycles. The molecule has 1 saturated heterocycles. The van der Waals surface area contributed by atoms with Crippen LogP contribution in [0.5, 0.6) is 11.5 Å². The largest absolute Gasteiger partial charge is 0.454 e. The lowest BCUT2D eigenvalue weighted by molar-refractivity contribution is -0.113. The van der Waals surface area contributed by atoms with E-state index in [1.807, 2.05) is 0 Å². The number of ether oxygens (including phenoxy) is 3. The number of nitrogens with zero attached hydrogens (tertiary/aromatic N) is 4. The van der Waals surface area contributed by atoms with Crippen LogP contribution in [0, 0.1) is 0 Å². The summed E-state index contributed by atoms with van der Waals surface area (Å²) in [5.74, 6) is 1.75. The van der Waals surface area contributed by atoms with Crippen molar-refractivity contribution in [2.75, 3.05) is 44.2 Å². The van der Waals surface area contributed by atoms with Gasteiger partial charge in [-0.25, -0.2) is 8.42 Å². The van der Waals surface area contributed by atoms with E-state index in [4.69, 9.17) is 14.2 Å². The average molecular weight is 518 g/mol. The zero-order valence-electron chi connectivity index (χ0n) is 18.8. The van der Waals surface area contributed by atoms with E-state index in [0.717, 1.165) is 5.56 Å². The number of morpholine rings is 1. The number of nitrogens with one attached hydrogen (secondary N) is 1. The molecule has 3 heterocycles. The Morgan fingerprint density at radius 3 is 2.57 bits per heavy atom. The Morgan fingerprint density at radius 1 is 1.06 bits per heavy atom. The van der Waals surface area contributed by atoms with Crippen LogP contribution in [0.2, 0.25) is 0 Å². The van der Waals surface area contributed by atoms with Crippen molar-refractivity contribution in [1.82, 2.24) is 19.1 Å². The molecule has 0 aliphatic carbocycles. The normalized spacial score (nSPS) is 15.8. The van der Waals surface area contributed by atoms with Crippen LogP contribution in [0.4, 0.5) is 5.69 Å². The molecule has 1 N–H and O–H groups in total. The SMILES string of the molecule is Cn1c(SCC(=O)Nc2ccc3c(c2)OCO3)nnc1-c1ccc(S(=O)(=O)N2CCOCC2)cc1. The molecule has 5 rings (SSSR count). The van der Waals surface area contributed by atoms with Gasteiger partial charge >= 0.3 is 0 Å². The van der Waals surface area contributed by atoms with Crippen molar-refractivity contribution >= 4 is 33.4 Å². The Bertz CT molecular complexity index is 1340. The van der Waals surface area contributed by atoms with Gasteiger partial charge in [0.05, 0.1) is 23.9 Å². The maximum absolute atomic E-state index is 12.8. The second-order valence-electron chi connectivity index (χ2n) is 7.81. The van der Waals surface area contributed by atoms with E-state index in [2.05, 4.69) is 15.5 Å². The molecule has 1 aromatic heterocycles. The Labute approximate surface area is 206 Å². The molecule has 2 aliphatic rings. The first-order valence-electron chi connectivity index (χ1n) is 10.8. The Kier molecular flexibility index (Phi) is 6.65. The molecule has 1 fully saturated rings. The van der Waals surface area contributed by atoms with Crippen molar-refractivity contribution in [3.8, 4) is 22.9 Å². The van der Waals surface area contributed by atoms with E-state index in [1.165, 1.54) is 16.1 Å². The highest BCUT2D eigenvalue weighted by Gasteiger charge is 2.26. The number of aromatic nitrogens is 3. The number of fused-ring (bicyclic) bond motifs is 1. The van der Waals surface area contributed by atoms with Gasteiger partial charge in [0, 0.05) is 37.5 Å². The van der Waals surface area contributed by atoms with Gasteiger partial charge in [-0.1, -0.05) is 11.8 Å². The lowest BCUT2D eigenvalue weighted by Gasteiger charge is -2.26. The van der Waals surface area contributed by atoms with Crippen LogP contribution in [-0.4, -0.2) is 72.2 Å². The summed E-state index contributed by atoms with van der Waals surface area (Å²) in [6.45, 7) is 1.65. The van der Waals surface area contributed by atoms with Gasteiger partial charge < -0.3 is 24.1 Å². The highest BCUT2D eigenvalue weighted by Crippen LogP contribution is 2.34. The number of thioether (sulfide) groups is 1. The van der Waals surface area contributed by atoms with Crippen molar-refractivity contribution in [2.45, 2.75) is 10.1 Å². The average Bonchev–Trinajstić information content (AvgIpc) is 3.49. The van der Waals surface area contributed by atoms with Crippen LogP contribution in [0.1, 0.15) is 0 Å². The summed E-state index contributed by atoms with van der Waals surface area (Å²) in [4.78, 5) is 12.6. The van der Waals surface area contributed by atoms with E-state index >= 15 is 0 Å². The number of carbonyl (C=O) groups is 1. The van der Waals surface area contributed by atoms with Gasteiger partial charge in [0.25, 0.3) is 0 Å². The molecule has 11 nitrogen and oxygen atoms in total. The molecule has 2 aliphatic heterocycles. The standard InChI is InChI=1S/C22H23N5O6S2/c1-26-21(15-2-5-17(6-3-15)35(29,30)27-8-10-31-11-9-27)24-25-22(26)34-13-20(28)23-16-4-7-18-19(12-16)33-14-32-18/h2-7,12H,8-11,13-14H2,1H3,(H,23,28). The maximum atomic E-state index is 12.8. The summed E-state index contributed by atoms with van der Waals surface area (Å²) in [6, 6.07) is 11.8. The highest BCUT2D eigenvalue weighted by atomic mass is 32.2. The van der Waals surface area contributed by atoms with Crippen molar-refractivity contribution in [2.24, 2.45) is 7.05 Å². The molecule has 0 bridgehead atoms. The van der Waals surface area contributed by atoms with Crippen LogP contribution in [-0.2, 0) is 26.6 Å². The predicted octanol–water partition coefficient (Wildman–Crippen LogP) is 1.96. The van der Waals surface area contributed by atoms with Gasteiger partial charge in [-0.2, -0.15) is 4.31 Å². The first-order chi connectivity index (χ1) is 16.9. The first-order valence-corrected chi connectivity index (χ1v) is 13.2. The molecule has 2 aromatic carbocycles. The van der Waals surface area contributed by atoms with Gasteiger partial charge in [-0.3, -0.25) is 4.79 Å². The van der Waals surface area contributed by atoms with Crippen LogP contribution in [0.3, 0.4) is 0 Å². The van der Waals surface area contributed by atoms with E-state index in [0.29, 0.717) is 54.5 Å². The second-order valence-corrected chi connectivity index (χ2v) is 10.7. The topological polar surface area (TPSA) is 125 Å². The molecule has 13 heteroatoms. The molecule has 1 amide bonds. The molecule has 184 valence electrons. The zero-order valence-corrected chi connectivity index (χ0v) is 20.5. The van der Waals surface area contributed by atoms with E-state index in [-0.39, 0.29) is 23.3 Å². The number of hydrogen-bond donors (Lipinski definition) is 1. The van der Waals surface area contributed by atoms with Crippen LogP contribution in [0.15, 0.2) is 52.5 Å². The minimum Gasteiger partial charge on any atom is -0.454 e. The summed E-state index contributed by atoms with van der Waals surface area (Å²) in [5, 5.41) is 11.8. The Hall–Kier alpha value is -3.13. The third kappa shape index (κ3) is 4.98. The highest BCUT2D eigenvalue weighted by molar-refractivity contribution is 7.99. The third-order valence-corrected chi connectivity index (χ3v) is 8.48. The fourth-order valence-corrected chi connectivity index (χ4v) is 5.82. The molecule has 0 atom stereocenters. The number of amides is 1. The zero-order chi connectivity index (χ0) is 24.4. The molecule has 0 radical (unpaired) electrons. The van der Waals surface area contributed by atoms with Crippen molar-refractivity contribution < 1.29 is 27.4 Å². The molecular formula is C22H23N5O6S2. The van der Waals surface area contributed by atoms with Crippen LogP contribution < -0.4 is 14.8 Å². The lowest BCUT2D eigenvalue weighted by Crippen LogP contribution is -2.40. The van der Waals surface area contributed by atoms with Crippen LogP contribution in [0.25, 0.3) is 11.4 Å². The summed E-state index contributed by atoms with van der Waals surface area (Å²) >= 11 is 1.25. The second kappa shape index (κ2) is 9.85. The summed E-state index contributed by atoms with van der Waals surface area (Å²) in [7, 11) is -1.77. The van der Waals surface area contributed by atoms with Crippen LogP contribution >= 0.6 is 11.8 Å². The van der Waals surface area contributed by atoms with E-state index in [9.17, 15) is 13.2 Å². The maximum Gasteiger partial charge on any atom is 0.243 e. The summed E-state index contributed by atoms with van der Waals surface area (Å²) < 4.78 is 44.7. The molecular weight excluding hydrogens is 494 g/mol. The quantitative estimate of drug-likeness (QED) is 0.468. The van der Waals surface area contributed by atoms with E-state index < -0.39 is 10.0 Å². The Balaban J connectivity index is 1.22. The van der Waals surface area contributed by atoms with Crippen molar-refractivity contribution in [3.63, 3.8) is 0 Å². The molecule has 0 unspecified atom stereocenters. The van der Waals surface area contributed by atoms with Gasteiger partial charge in [-0.15, -0.1) is 10.2 Å². The van der Waals surface area contributed by atoms with E-state index in [1.54, 1.807) is 54.1 Å². The molecule has 0 spiro atoms. The number of sulfonamides is 1. The lowest BCUT2D eigenvalue weighted by atomic mass is 10.2. The van der Waals surface area contributed by atoms with Gasteiger partial charge in [0.15, 0.2) is 22.5 Å². The van der Waals surface area contributed by atoms with Crippen molar-refractivity contribution in [1.29, 1.82) is 0 Å².